The molecule has 2 heterocycles. The Balaban J connectivity index is 1.88. The molecule has 0 saturated heterocycles. The summed E-state index contributed by atoms with van der Waals surface area (Å²) in [6.45, 7) is 3.26. The van der Waals surface area contributed by atoms with E-state index in [9.17, 15) is 18.0 Å². The minimum Gasteiger partial charge on any atom is -0.356 e. The maximum atomic E-state index is 13.5. The van der Waals surface area contributed by atoms with Crippen LogP contribution in [0.2, 0.25) is 5.02 Å². The van der Waals surface area contributed by atoms with Crippen LogP contribution < -0.4 is 5.32 Å². The molecule has 2 N–H and O–H groups in total. The Morgan fingerprint density at radius 1 is 1.26 bits per heavy atom. The lowest BCUT2D eigenvalue weighted by Gasteiger charge is -2.15. The van der Waals surface area contributed by atoms with Crippen molar-refractivity contribution in [3.8, 4) is 5.69 Å². The second kappa shape index (κ2) is 7.11. The maximum absolute atomic E-state index is 13.5. The van der Waals surface area contributed by atoms with E-state index in [-0.39, 0.29) is 17.8 Å². The summed E-state index contributed by atoms with van der Waals surface area (Å²) in [5.74, 6) is -0.544. The van der Waals surface area contributed by atoms with Crippen molar-refractivity contribution >= 4 is 17.5 Å². The number of halogens is 4. The van der Waals surface area contributed by atoms with Crippen molar-refractivity contribution in [3.05, 3.63) is 69.8 Å². The molecule has 9 heteroatoms. The van der Waals surface area contributed by atoms with E-state index in [1.54, 1.807) is 26.0 Å². The molecule has 3 rings (SSSR count). The average Bonchev–Trinajstić information content (AvgIpc) is 3.17. The fraction of sp³-hybridized carbons (Fsp3) is 0.222. The maximum Gasteiger partial charge on any atom is 0.416 e. The quantitative estimate of drug-likeness (QED) is 0.685. The van der Waals surface area contributed by atoms with Gasteiger partial charge in [0, 0.05) is 18.4 Å². The molecule has 5 nitrogen and oxygen atoms in total. The number of carbonyl (C=O) groups excluding carboxylic acids is 1. The minimum atomic E-state index is -4.57. The zero-order chi connectivity index (χ0) is 19.8. The van der Waals surface area contributed by atoms with E-state index in [1.165, 1.54) is 23.0 Å². The summed E-state index contributed by atoms with van der Waals surface area (Å²) in [4.78, 5) is 14.7. The zero-order valence-corrected chi connectivity index (χ0v) is 15.2. The number of nitrogens with zero attached hydrogens (tertiary/aromatic N) is 2. The number of aromatic amines is 1. The van der Waals surface area contributed by atoms with Gasteiger partial charge in [0.05, 0.1) is 22.0 Å². The number of benzene rings is 1. The van der Waals surface area contributed by atoms with Crippen LogP contribution in [-0.2, 0) is 12.7 Å². The summed E-state index contributed by atoms with van der Waals surface area (Å²) in [5, 5.41) is 7.02. The van der Waals surface area contributed by atoms with E-state index < -0.39 is 17.6 Å². The van der Waals surface area contributed by atoms with Crippen LogP contribution >= 0.6 is 11.6 Å². The zero-order valence-electron chi connectivity index (χ0n) is 14.5. The van der Waals surface area contributed by atoms with Crippen LogP contribution in [-0.4, -0.2) is 20.7 Å². The summed E-state index contributed by atoms with van der Waals surface area (Å²) < 4.78 is 42.1. The van der Waals surface area contributed by atoms with Crippen LogP contribution in [0.15, 0.2) is 36.5 Å². The smallest absolute Gasteiger partial charge is 0.356 e. The second-order valence-electron chi connectivity index (χ2n) is 6.09. The highest BCUT2D eigenvalue weighted by Gasteiger charge is 2.34. The van der Waals surface area contributed by atoms with Crippen molar-refractivity contribution in [2.45, 2.75) is 26.6 Å². The third kappa shape index (κ3) is 4.16. The normalized spacial score (nSPS) is 11.6. The summed E-state index contributed by atoms with van der Waals surface area (Å²) in [6, 6.07) is 7.10. The van der Waals surface area contributed by atoms with Crippen LogP contribution in [0.5, 0.6) is 0 Å². The SMILES string of the molecule is Cc1cc(C)n(-c2ccc(CNC(=O)c3cc(Cl)c[nH]3)c(C(F)(F)F)c2)n1. The summed E-state index contributed by atoms with van der Waals surface area (Å²) >= 11 is 5.73. The molecule has 2 aromatic heterocycles. The highest BCUT2D eigenvalue weighted by molar-refractivity contribution is 6.30. The van der Waals surface area contributed by atoms with Crippen LogP contribution in [0.25, 0.3) is 5.69 Å². The van der Waals surface area contributed by atoms with E-state index in [4.69, 9.17) is 11.6 Å². The fourth-order valence-electron chi connectivity index (χ4n) is 2.77. The molecule has 142 valence electrons. The van der Waals surface area contributed by atoms with Gasteiger partial charge >= 0.3 is 6.18 Å². The van der Waals surface area contributed by atoms with Gasteiger partial charge in [-0.05, 0) is 43.7 Å². The van der Waals surface area contributed by atoms with E-state index >= 15 is 0 Å². The number of alkyl halides is 3. The van der Waals surface area contributed by atoms with Gasteiger partial charge in [0.2, 0.25) is 0 Å². The molecule has 3 aromatic rings. The van der Waals surface area contributed by atoms with Gasteiger partial charge in [0.15, 0.2) is 0 Å². The first-order chi connectivity index (χ1) is 12.6. The van der Waals surface area contributed by atoms with Crippen LogP contribution in [0.3, 0.4) is 0 Å². The Labute approximate surface area is 158 Å². The van der Waals surface area contributed by atoms with Gasteiger partial charge in [0.1, 0.15) is 5.69 Å². The van der Waals surface area contributed by atoms with Gasteiger partial charge in [-0.15, -0.1) is 0 Å². The lowest BCUT2D eigenvalue weighted by molar-refractivity contribution is -0.138. The molecule has 0 bridgehead atoms. The van der Waals surface area contributed by atoms with Gasteiger partial charge in [-0.2, -0.15) is 18.3 Å². The molecular formula is C18H16ClF3N4O. The van der Waals surface area contributed by atoms with Gasteiger partial charge in [-0.3, -0.25) is 4.79 Å². The van der Waals surface area contributed by atoms with Crippen molar-refractivity contribution < 1.29 is 18.0 Å². The highest BCUT2D eigenvalue weighted by atomic mass is 35.5. The molecule has 0 aliphatic carbocycles. The summed E-state index contributed by atoms with van der Waals surface area (Å²) in [5.41, 5.74) is 1.05. The fourth-order valence-corrected chi connectivity index (χ4v) is 2.94. The van der Waals surface area contributed by atoms with Crippen molar-refractivity contribution in [1.82, 2.24) is 20.1 Å². The first-order valence-electron chi connectivity index (χ1n) is 8.01. The molecule has 0 saturated carbocycles. The van der Waals surface area contributed by atoms with Gasteiger partial charge in [-0.1, -0.05) is 17.7 Å². The molecule has 1 aromatic carbocycles. The lowest BCUT2D eigenvalue weighted by atomic mass is 10.1. The Bertz CT molecular complexity index is 991. The van der Waals surface area contributed by atoms with Gasteiger partial charge < -0.3 is 10.3 Å². The number of hydrogen-bond acceptors (Lipinski definition) is 2. The monoisotopic (exact) mass is 396 g/mol. The minimum absolute atomic E-state index is 0.0428. The van der Waals surface area contributed by atoms with Crippen molar-refractivity contribution in [1.29, 1.82) is 0 Å². The molecule has 0 atom stereocenters. The predicted molar refractivity (Wildman–Crippen MR) is 95.0 cm³/mol. The Kier molecular flexibility index (Phi) is 5.01. The molecular weight excluding hydrogens is 381 g/mol. The van der Waals surface area contributed by atoms with E-state index in [2.05, 4.69) is 15.4 Å². The Morgan fingerprint density at radius 2 is 2.00 bits per heavy atom. The topological polar surface area (TPSA) is 62.7 Å². The molecule has 0 aliphatic rings. The highest BCUT2D eigenvalue weighted by Crippen LogP contribution is 2.33. The standard InChI is InChI=1S/C18H16ClF3N4O/c1-10-5-11(2)26(25-10)14-4-3-12(15(7-14)18(20,21)22)8-24-17(27)16-6-13(19)9-23-16/h3-7,9,23H,8H2,1-2H3,(H,24,27). The largest absolute Gasteiger partial charge is 0.416 e. The van der Waals surface area contributed by atoms with Crippen LogP contribution in [0.1, 0.15) is 33.0 Å². The number of rotatable bonds is 4. The number of nitrogens with one attached hydrogen (secondary N) is 2. The first-order valence-corrected chi connectivity index (χ1v) is 8.39. The lowest BCUT2D eigenvalue weighted by Crippen LogP contribution is -2.25. The van der Waals surface area contributed by atoms with Crippen molar-refractivity contribution in [2.24, 2.45) is 0 Å². The number of hydrogen-bond donors (Lipinski definition) is 2. The molecule has 27 heavy (non-hydrogen) atoms. The van der Waals surface area contributed by atoms with Gasteiger partial charge in [0.25, 0.3) is 5.91 Å². The van der Waals surface area contributed by atoms with Crippen molar-refractivity contribution in [2.75, 3.05) is 0 Å². The molecule has 0 radical (unpaired) electrons. The van der Waals surface area contributed by atoms with E-state index in [1.807, 2.05) is 0 Å². The number of aromatic nitrogens is 3. The van der Waals surface area contributed by atoms with Crippen LogP contribution in [0.4, 0.5) is 13.2 Å². The summed E-state index contributed by atoms with van der Waals surface area (Å²) in [7, 11) is 0. The molecule has 0 unspecified atom stereocenters. The average molecular weight is 397 g/mol. The first kappa shape index (κ1) is 19.0. The van der Waals surface area contributed by atoms with E-state index in [0.29, 0.717) is 16.4 Å². The summed E-state index contributed by atoms with van der Waals surface area (Å²) in [6.07, 6.45) is -3.15. The van der Waals surface area contributed by atoms with E-state index in [0.717, 1.165) is 11.8 Å². The second-order valence-corrected chi connectivity index (χ2v) is 6.53. The number of carbonyl (C=O) groups is 1. The molecule has 1 amide bonds. The Morgan fingerprint density at radius 3 is 2.56 bits per heavy atom. The third-order valence-electron chi connectivity index (χ3n) is 3.98. The third-order valence-corrected chi connectivity index (χ3v) is 4.20. The molecule has 0 spiro atoms. The molecule has 0 aliphatic heterocycles. The molecule has 0 fully saturated rings. The van der Waals surface area contributed by atoms with Crippen molar-refractivity contribution in [3.63, 3.8) is 0 Å². The number of aryl methyl sites for hydroxylation is 2. The predicted octanol–water partition coefficient (Wildman–Crippen LogP) is 4.42. The van der Waals surface area contributed by atoms with Gasteiger partial charge in [-0.25, -0.2) is 4.68 Å². The van der Waals surface area contributed by atoms with Crippen LogP contribution in [0, 0.1) is 13.8 Å². The number of amides is 1. The number of H-pyrrole nitrogens is 1. The Hall–Kier alpha value is -2.74.